The lowest BCUT2D eigenvalue weighted by Crippen LogP contribution is -2.18. The number of aromatic nitrogens is 5. The first-order valence-electron chi connectivity index (χ1n) is 6.67. The summed E-state index contributed by atoms with van der Waals surface area (Å²) < 4.78 is 2.27. The van der Waals surface area contributed by atoms with Crippen LogP contribution in [0.3, 0.4) is 0 Å². The summed E-state index contributed by atoms with van der Waals surface area (Å²) in [5.74, 6) is 0.187. The highest BCUT2D eigenvalue weighted by Crippen LogP contribution is 2.21. The van der Waals surface area contributed by atoms with E-state index in [0.717, 1.165) is 11.3 Å². The van der Waals surface area contributed by atoms with Gasteiger partial charge in [-0.15, -0.1) is 0 Å². The van der Waals surface area contributed by atoms with Crippen molar-refractivity contribution in [2.24, 2.45) is 0 Å². The van der Waals surface area contributed by atoms with Gasteiger partial charge in [0.15, 0.2) is 5.82 Å². The zero-order valence-corrected chi connectivity index (χ0v) is 13.3. The van der Waals surface area contributed by atoms with E-state index in [9.17, 15) is 4.79 Å². The Bertz CT molecular complexity index is 795. The fourth-order valence-corrected chi connectivity index (χ4v) is 2.54. The molecule has 0 aliphatic carbocycles. The molecule has 22 heavy (non-hydrogen) atoms. The van der Waals surface area contributed by atoms with Gasteiger partial charge in [0.2, 0.25) is 0 Å². The Morgan fingerprint density at radius 3 is 2.91 bits per heavy atom. The summed E-state index contributed by atoms with van der Waals surface area (Å²) in [4.78, 5) is 16.3. The lowest BCUT2D eigenvalue weighted by Gasteiger charge is -2.04. The first-order valence-corrected chi connectivity index (χ1v) is 7.46. The van der Waals surface area contributed by atoms with Gasteiger partial charge >= 0.3 is 0 Å². The number of nitrogens with zero attached hydrogens (tertiary/aromatic N) is 4. The second-order valence-corrected chi connectivity index (χ2v) is 5.37. The quantitative estimate of drug-likeness (QED) is 0.748. The maximum Gasteiger partial charge on any atom is 0.276 e. The van der Waals surface area contributed by atoms with Crippen LogP contribution >= 0.6 is 15.9 Å². The van der Waals surface area contributed by atoms with Crippen LogP contribution in [-0.2, 0) is 6.54 Å². The first-order chi connectivity index (χ1) is 10.7. The van der Waals surface area contributed by atoms with Crippen LogP contribution in [0.25, 0.3) is 11.3 Å². The van der Waals surface area contributed by atoms with Crippen molar-refractivity contribution in [1.29, 1.82) is 0 Å². The van der Waals surface area contributed by atoms with Crippen LogP contribution in [0.15, 0.2) is 41.3 Å². The summed E-state index contributed by atoms with van der Waals surface area (Å²) in [6, 6.07) is 5.50. The van der Waals surface area contributed by atoms with Crippen molar-refractivity contribution in [1.82, 2.24) is 25.0 Å². The highest BCUT2D eigenvalue weighted by atomic mass is 79.9. The Labute approximate surface area is 134 Å². The van der Waals surface area contributed by atoms with Crippen molar-refractivity contribution in [3.8, 4) is 11.3 Å². The van der Waals surface area contributed by atoms with E-state index in [-0.39, 0.29) is 5.91 Å². The van der Waals surface area contributed by atoms with E-state index in [0.29, 0.717) is 22.5 Å². The van der Waals surface area contributed by atoms with Crippen molar-refractivity contribution in [3.05, 3.63) is 47.0 Å². The summed E-state index contributed by atoms with van der Waals surface area (Å²) in [5, 5.41) is 13.9. The molecule has 8 heteroatoms. The molecule has 0 bridgehead atoms. The number of amides is 1. The molecule has 3 rings (SSSR count). The molecule has 3 aromatic heterocycles. The number of H-pyrrole nitrogens is 1. The Morgan fingerprint density at radius 2 is 2.18 bits per heavy atom. The number of halogens is 1. The molecular formula is C14H13BrN6O. The van der Waals surface area contributed by atoms with Gasteiger partial charge in [0.1, 0.15) is 5.69 Å². The number of hydrogen-bond acceptors (Lipinski definition) is 4. The number of aromatic amines is 1. The second kappa shape index (κ2) is 6.10. The summed E-state index contributed by atoms with van der Waals surface area (Å²) in [6.45, 7) is 2.53. The van der Waals surface area contributed by atoms with Gasteiger partial charge in [0.05, 0.1) is 16.4 Å². The smallest absolute Gasteiger partial charge is 0.276 e. The average molecular weight is 361 g/mol. The van der Waals surface area contributed by atoms with E-state index in [2.05, 4.69) is 41.5 Å². The molecule has 1 amide bonds. The zero-order chi connectivity index (χ0) is 15.5. The van der Waals surface area contributed by atoms with Gasteiger partial charge in [-0.3, -0.25) is 19.6 Å². The fraction of sp³-hybridized carbons (Fsp3) is 0.143. The molecule has 7 nitrogen and oxygen atoms in total. The van der Waals surface area contributed by atoms with Crippen LogP contribution in [0, 0.1) is 0 Å². The summed E-state index contributed by atoms with van der Waals surface area (Å²) in [6.07, 6.45) is 5.00. The van der Waals surface area contributed by atoms with Gasteiger partial charge in [-0.25, -0.2) is 0 Å². The maximum atomic E-state index is 12.4. The lowest BCUT2D eigenvalue weighted by molar-refractivity contribution is 0.101. The average Bonchev–Trinajstić information content (AvgIpc) is 3.14. The van der Waals surface area contributed by atoms with Crippen LogP contribution in [0.4, 0.5) is 5.82 Å². The second-order valence-electron chi connectivity index (χ2n) is 4.51. The largest absolute Gasteiger partial charge is 0.304 e. The van der Waals surface area contributed by atoms with Crippen LogP contribution in [-0.4, -0.2) is 30.9 Å². The van der Waals surface area contributed by atoms with Crippen LogP contribution in [0.1, 0.15) is 17.4 Å². The molecule has 2 N–H and O–H groups in total. The van der Waals surface area contributed by atoms with E-state index in [1.807, 2.05) is 19.1 Å². The molecule has 112 valence electrons. The maximum absolute atomic E-state index is 12.4. The normalized spacial score (nSPS) is 10.6. The van der Waals surface area contributed by atoms with E-state index < -0.39 is 0 Å². The van der Waals surface area contributed by atoms with Gasteiger partial charge in [-0.2, -0.15) is 10.2 Å². The molecule has 0 unspecified atom stereocenters. The minimum absolute atomic E-state index is 0.265. The third-order valence-corrected chi connectivity index (χ3v) is 3.70. The standard InChI is InChI=1S/C14H13BrN6O/c1-2-21-13(10(15)8-17-21)14(22)18-12-7-11(19-20-12)9-3-5-16-6-4-9/h3-8H,2H2,1H3,(H2,18,19,20,22). The molecule has 3 aromatic rings. The molecule has 0 spiro atoms. The van der Waals surface area contributed by atoms with Gasteiger partial charge in [0.25, 0.3) is 5.91 Å². The molecule has 0 fully saturated rings. The first kappa shape index (κ1) is 14.5. The van der Waals surface area contributed by atoms with E-state index in [1.54, 1.807) is 29.3 Å². The molecule has 0 aliphatic rings. The Kier molecular flexibility index (Phi) is 4.01. The highest BCUT2D eigenvalue weighted by Gasteiger charge is 2.17. The predicted molar refractivity (Wildman–Crippen MR) is 85.4 cm³/mol. The van der Waals surface area contributed by atoms with E-state index >= 15 is 0 Å². The minimum atomic E-state index is -0.265. The third kappa shape index (κ3) is 2.77. The van der Waals surface area contributed by atoms with E-state index in [4.69, 9.17) is 0 Å². The fourth-order valence-electron chi connectivity index (χ4n) is 2.07. The zero-order valence-electron chi connectivity index (χ0n) is 11.7. The van der Waals surface area contributed by atoms with Gasteiger partial charge in [-0.1, -0.05) is 0 Å². The number of carbonyl (C=O) groups excluding carboxylic acids is 1. The molecular weight excluding hydrogens is 348 g/mol. The van der Waals surface area contributed by atoms with Gasteiger partial charge in [0, 0.05) is 30.6 Å². The van der Waals surface area contributed by atoms with Crippen molar-refractivity contribution in [3.63, 3.8) is 0 Å². The number of hydrogen-bond donors (Lipinski definition) is 2. The Balaban J connectivity index is 1.81. The Hall–Kier alpha value is -2.48. The minimum Gasteiger partial charge on any atom is -0.304 e. The number of nitrogens with one attached hydrogen (secondary N) is 2. The molecule has 0 aliphatic heterocycles. The monoisotopic (exact) mass is 360 g/mol. The molecule has 0 saturated heterocycles. The Morgan fingerprint density at radius 1 is 1.41 bits per heavy atom. The SMILES string of the molecule is CCn1ncc(Br)c1C(=O)Nc1cc(-c2ccncc2)[nH]n1. The van der Waals surface area contributed by atoms with Crippen molar-refractivity contribution >= 4 is 27.7 Å². The lowest BCUT2D eigenvalue weighted by atomic mass is 10.2. The molecule has 0 aromatic carbocycles. The van der Waals surface area contributed by atoms with Crippen LogP contribution in [0.2, 0.25) is 0 Å². The summed E-state index contributed by atoms with van der Waals surface area (Å²) in [5.41, 5.74) is 2.22. The molecule has 0 saturated carbocycles. The third-order valence-electron chi connectivity index (χ3n) is 3.12. The van der Waals surface area contributed by atoms with Crippen LogP contribution < -0.4 is 5.32 Å². The number of rotatable bonds is 4. The molecule has 0 radical (unpaired) electrons. The number of carbonyl (C=O) groups is 1. The van der Waals surface area contributed by atoms with E-state index in [1.165, 1.54) is 0 Å². The molecule has 3 heterocycles. The predicted octanol–water partition coefficient (Wildman–Crippen LogP) is 2.70. The molecule has 0 atom stereocenters. The van der Waals surface area contributed by atoms with Crippen molar-refractivity contribution in [2.45, 2.75) is 13.5 Å². The number of anilines is 1. The highest BCUT2D eigenvalue weighted by molar-refractivity contribution is 9.10. The number of aryl methyl sites for hydroxylation is 1. The summed E-state index contributed by atoms with van der Waals surface area (Å²) >= 11 is 3.33. The van der Waals surface area contributed by atoms with Crippen molar-refractivity contribution < 1.29 is 4.79 Å². The summed E-state index contributed by atoms with van der Waals surface area (Å²) in [7, 11) is 0. The van der Waals surface area contributed by atoms with Crippen LogP contribution in [0.5, 0.6) is 0 Å². The van der Waals surface area contributed by atoms with Gasteiger partial charge < -0.3 is 5.32 Å². The number of pyridine rings is 1. The topological polar surface area (TPSA) is 88.5 Å². The van der Waals surface area contributed by atoms with Gasteiger partial charge in [-0.05, 0) is 35.0 Å². The van der Waals surface area contributed by atoms with Crippen molar-refractivity contribution in [2.75, 3.05) is 5.32 Å².